The summed E-state index contributed by atoms with van der Waals surface area (Å²) in [6.45, 7) is 0.372. The quantitative estimate of drug-likeness (QED) is 0.759. The maximum Gasteiger partial charge on any atom is 0.146 e. The van der Waals surface area contributed by atoms with Crippen molar-refractivity contribution in [2.45, 2.75) is 6.10 Å². The summed E-state index contributed by atoms with van der Waals surface area (Å²) < 4.78 is 6.81. The number of aromatic nitrogens is 4. The Balaban J connectivity index is 2.17. The van der Waals surface area contributed by atoms with Crippen LogP contribution in [0.25, 0.3) is 5.69 Å². The van der Waals surface area contributed by atoms with Crippen molar-refractivity contribution in [1.29, 1.82) is 0 Å². The summed E-state index contributed by atoms with van der Waals surface area (Å²) in [5.41, 5.74) is 1.55. The van der Waals surface area contributed by atoms with Gasteiger partial charge < -0.3 is 15.2 Å². The summed E-state index contributed by atoms with van der Waals surface area (Å²) >= 11 is 5.53. The van der Waals surface area contributed by atoms with Crippen LogP contribution in [0, 0.1) is 0 Å². The average molecular weight is 284 g/mol. The van der Waals surface area contributed by atoms with Crippen LogP contribution < -0.4 is 10.1 Å². The van der Waals surface area contributed by atoms with Gasteiger partial charge in [-0.15, -0.1) is 16.7 Å². The largest absolute Gasteiger partial charge is 0.494 e. The van der Waals surface area contributed by atoms with Gasteiger partial charge in [0.25, 0.3) is 0 Å². The van der Waals surface area contributed by atoms with E-state index in [1.54, 1.807) is 13.2 Å². The highest BCUT2D eigenvalue weighted by Gasteiger charge is 2.08. The van der Waals surface area contributed by atoms with Gasteiger partial charge in [0.05, 0.1) is 19.1 Å². The number of tetrazole rings is 1. The molecule has 0 spiro atoms. The molecule has 2 rings (SSSR count). The smallest absolute Gasteiger partial charge is 0.146 e. The lowest BCUT2D eigenvalue weighted by Crippen LogP contribution is -2.20. The van der Waals surface area contributed by atoms with Gasteiger partial charge in [-0.1, -0.05) is 0 Å². The molecule has 7 nitrogen and oxygen atoms in total. The third-order valence-corrected chi connectivity index (χ3v) is 2.85. The molecule has 2 aromatic rings. The lowest BCUT2D eigenvalue weighted by Gasteiger charge is -2.13. The van der Waals surface area contributed by atoms with Gasteiger partial charge in [-0.25, -0.2) is 0 Å². The van der Waals surface area contributed by atoms with E-state index >= 15 is 0 Å². The number of anilines is 1. The molecule has 0 bridgehead atoms. The summed E-state index contributed by atoms with van der Waals surface area (Å²) in [5, 5.41) is 23.4. The minimum Gasteiger partial charge on any atom is -0.494 e. The average Bonchev–Trinajstić information content (AvgIpc) is 2.98. The highest BCUT2D eigenvalue weighted by molar-refractivity contribution is 6.18. The first-order valence-corrected chi connectivity index (χ1v) is 6.17. The second-order valence-electron chi connectivity index (χ2n) is 3.83. The molecule has 1 heterocycles. The maximum atomic E-state index is 9.39. The van der Waals surface area contributed by atoms with E-state index in [0.717, 1.165) is 11.4 Å². The summed E-state index contributed by atoms with van der Waals surface area (Å²) in [5.74, 6) is 0.810. The van der Waals surface area contributed by atoms with E-state index in [4.69, 9.17) is 16.3 Å². The van der Waals surface area contributed by atoms with Crippen molar-refractivity contribution < 1.29 is 9.84 Å². The van der Waals surface area contributed by atoms with Crippen LogP contribution >= 0.6 is 11.6 Å². The zero-order chi connectivity index (χ0) is 13.7. The Morgan fingerprint density at radius 1 is 1.53 bits per heavy atom. The molecular formula is C11H14ClN5O2. The molecule has 19 heavy (non-hydrogen) atoms. The van der Waals surface area contributed by atoms with E-state index < -0.39 is 6.10 Å². The third-order valence-electron chi connectivity index (χ3n) is 2.50. The van der Waals surface area contributed by atoms with Crippen LogP contribution in [0.15, 0.2) is 24.5 Å². The van der Waals surface area contributed by atoms with Gasteiger partial charge in [0.1, 0.15) is 17.8 Å². The number of aliphatic hydroxyl groups is 1. The van der Waals surface area contributed by atoms with Crippen molar-refractivity contribution in [1.82, 2.24) is 20.2 Å². The van der Waals surface area contributed by atoms with Crippen LogP contribution in [0.1, 0.15) is 0 Å². The predicted octanol–water partition coefficient (Wildman–Crippen LogP) is 0.682. The lowest BCUT2D eigenvalue weighted by molar-refractivity contribution is 0.211. The third kappa shape index (κ3) is 3.33. The SMILES string of the molecule is COc1cc(NCC(O)CCl)ccc1-n1cnnn1. The fourth-order valence-electron chi connectivity index (χ4n) is 1.54. The molecule has 0 saturated heterocycles. The van der Waals surface area contributed by atoms with E-state index in [-0.39, 0.29) is 5.88 Å². The second kappa shape index (κ2) is 6.35. The molecule has 0 aliphatic heterocycles. The van der Waals surface area contributed by atoms with E-state index in [9.17, 15) is 5.11 Å². The molecule has 0 saturated carbocycles. The van der Waals surface area contributed by atoms with Gasteiger partial charge in [-0.05, 0) is 22.6 Å². The molecule has 1 atom stereocenters. The number of alkyl halides is 1. The van der Waals surface area contributed by atoms with Crippen molar-refractivity contribution in [2.24, 2.45) is 0 Å². The van der Waals surface area contributed by atoms with Crippen LogP contribution in [0.5, 0.6) is 5.75 Å². The first-order valence-electron chi connectivity index (χ1n) is 5.64. The number of methoxy groups -OCH3 is 1. The molecule has 0 fully saturated rings. The Hall–Kier alpha value is -1.86. The Morgan fingerprint density at radius 2 is 2.37 bits per heavy atom. The van der Waals surface area contributed by atoms with Crippen molar-refractivity contribution >= 4 is 17.3 Å². The first kappa shape index (κ1) is 13.6. The van der Waals surface area contributed by atoms with E-state index in [1.165, 1.54) is 11.0 Å². The molecule has 1 unspecified atom stereocenters. The second-order valence-corrected chi connectivity index (χ2v) is 4.14. The normalized spacial score (nSPS) is 12.2. The summed E-state index contributed by atoms with van der Waals surface area (Å²) in [7, 11) is 1.57. The van der Waals surface area contributed by atoms with Gasteiger partial charge in [-0.3, -0.25) is 0 Å². The number of nitrogens with zero attached hydrogens (tertiary/aromatic N) is 4. The highest BCUT2D eigenvalue weighted by Crippen LogP contribution is 2.25. The van der Waals surface area contributed by atoms with E-state index in [2.05, 4.69) is 20.8 Å². The number of benzene rings is 1. The van der Waals surface area contributed by atoms with Crippen LogP contribution in [-0.2, 0) is 0 Å². The number of ether oxygens (including phenoxy) is 1. The fourth-order valence-corrected chi connectivity index (χ4v) is 1.65. The number of rotatable bonds is 6. The molecular weight excluding hydrogens is 270 g/mol. The van der Waals surface area contributed by atoms with Crippen LogP contribution in [0.4, 0.5) is 5.69 Å². The number of halogens is 1. The van der Waals surface area contributed by atoms with Gasteiger partial charge in [-0.2, -0.15) is 4.68 Å². The maximum absolute atomic E-state index is 9.39. The summed E-state index contributed by atoms with van der Waals surface area (Å²) in [6.07, 6.45) is 0.897. The fraction of sp³-hybridized carbons (Fsp3) is 0.364. The van der Waals surface area contributed by atoms with Crippen LogP contribution in [-0.4, -0.2) is 51.0 Å². The zero-order valence-corrected chi connectivity index (χ0v) is 11.1. The van der Waals surface area contributed by atoms with Gasteiger partial charge in [0.15, 0.2) is 0 Å². The molecule has 1 aromatic heterocycles. The Morgan fingerprint density at radius 3 is 3.00 bits per heavy atom. The standard InChI is InChI=1S/C11H14ClN5O2/c1-19-11-4-8(13-6-9(18)5-12)2-3-10(11)17-7-14-15-16-17/h2-4,7,9,13,18H,5-6H2,1H3. The summed E-state index contributed by atoms with van der Waals surface area (Å²) in [4.78, 5) is 0. The Kier molecular flexibility index (Phi) is 4.53. The molecule has 1 aromatic carbocycles. The van der Waals surface area contributed by atoms with Crippen molar-refractivity contribution in [2.75, 3.05) is 24.9 Å². The van der Waals surface area contributed by atoms with E-state index in [1.807, 2.05) is 12.1 Å². The van der Waals surface area contributed by atoms with Crippen molar-refractivity contribution in [3.63, 3.8) is 0 Å². The summed E-state index contributed by atoms with van der Waals surface area (Å²) in [6, 6.07) is 5.48. The lowest BCUT2D eigenvalue weighted by atomic mass is 10.2. The van der Waals surface area contributed by atoms with Gasteiger partial charge >= 0.3 is 0 Å². The monoisotopic (exact) mass is 283 g/mol. The molecule has 0 aliphatic carbocycles. The topological polar surface area (TPSA) is 85.1 Å². The predicted molar refractivity (Wildman–Crippen MR) is 70.9 cm³/mol. The molecule has 0 amide bonds. The molecule has 2 N–H and O–H groups in total. The molecule has 0 aliphatic rings. The molecule has 0 radical (unpaired) electrons. The van der Waals surface area contributed by atoms with Gasteiger partial charge in [0, 0.05) is 18.3 Å². The van der Waals surface area contributed by atoms with Crippen molar-refractivity contribution in [3.8, 4) is 11.4 Å². The number of nitrogens with one attached hydrogen (secondary N) is 1. The molecule has 8 heteroatoms. The highest BCUT2D eigenvalue weighted by atomic mass is 35.5. The van der Waals surface area contributed by atoms with Crippen LogP contribution in [0.3, 0.4) is 0 Å². The first-order chi connectivity index (χ1) is 9.24. The Bertz CT molecular complexity index is 520. The molecule has 102 valence electrons. The minimum atomic E-state index is -0.591. The van der Waals surface area contributed by atoms with Gasteiger partial charge in [0.2, 0.25) is 0 Å². The number of hydrogen-bond acceptors (Lipinski definition) is 6. The zero-order valence-electron chi connectivity index (χ0n) is 10.3. The minimum absolute atomic E-state index is 0.187. The number of hydrogen-bond donors (Lipinski definition) is 2. The van der Waals surface area contributed by atoms with E-state index in [0.29, 0.717) is 12.3 Å². The number of aliphatic hydroxyl groups excluding tert-OH is 1. The van der Waals surface area contributed by atoms with Crippen LogP contribution in [0.2, 0.25) is 0 Å². The van der Waals surface area contributed by atoms with Crippen molar-refractivity contribution in [3.05, 3.63) is 24.5 Å². The Labute approximate surface area is 115 Å².